The van der Waals surface area contributed by atoms with Crippen molar-refractivity contribution in [2.75, 3.05) is 18.6 Å². The van der Waals surface area contributed by atoms with E-state index in [1.54, 1.807) is 11.3 Å². The molecule has 0 saturated carbocycles. The molecule has 0 spiro atoms. The van der Waals surface area contributed by atoms with Crippen LogP contribution in [0.15, 0.2) is 4.79 Å². The summed E-state index contributed by atoms with van der Waals surface area (Å²) >= 11 is 1.65. The van der Waals surface area contributed by atoms with Gasteiger partial charge in [-0.1, -0.05) is 6.92 Å². The molecule has 1 fully saturated rings. The summed E-state index contributed by atoms with van der Waals surface area (Å²) in [5, 5.41) is 0.763. The lowest BCUT2D eigenvalue weighted by molar-refractivity contribution is 0.194. The lowest BCUT2D eigenvalue weighted by Gasteiger charge is -2.29. The van der Waals surface area contributed by atoms with Crippen LogP contribution in [0.4, 0.5) is 0 Å². The Bertz CT molecular complexity index is 1010. The fraction of sp³-hybridized carbons (Fsp3) is 0.667. The topological polar surface area (TPSA) is 83.1 Å². The molecule has 0 amide bonds. The van der Waals surface area contributed by atoms with E-state index in [0.717, 1.165) is 29.5 Å². The second kappa shape index (κ2) is 6.42. The van der Waals surface area contributed by atoms with Gasteiger partial charge in [0, 0.05) is 10.9 Å². The van der Waals surface area contributed by atoms with Crippen LogP contribution in [0, 0.1) is 5.92 Å². The van der Waals surface area contributed by atoms with Crippen LogP contribution in [0.1, 0.15) is 49.0 Å². The second-order valence-electron chi connectivity index (χ2n) is 7.88. The summed E-state index contributed by atoms with van der Waals surface area (Å²) in [6.07, 6.45) is 3.74. The number of sulfone groups is 1. The smallest absolute Gasteiger partial charge is 0.259 e. The summed E-state index contributed by atoms with van der Waals surface area (Å²) in [4.78, 5) is 24.7. The first-order chi connectivity index (χ1) is 12.2. The van der Waals surface area contributed by atoms with Crippen molar-refractivity contribution in [1.82, 2.24) is 14.9 Å². The molecular weight excluding hydrogens is 370 g/mol. The van der Waals surface area contributed by atoms with Gasteiger partial charge in [-0.25, -0.2) is 13.4 Å². The minimum atomic E-state index is -2.94. The Morgan fingerprint density at radius 3 is 2.81 bits per heavy atom. The molecule has 26 heavy (non-hydrogen) atoms. The van der Waals surface area contributed by atoms with Crippen molar-refractivity contribution in [3.8, 4) is 0 Å². The molecule has 2 aromatic rings. The lowest BCUT2D eigenvalue weighted by Crippen LogP contribution is -2.36. The maximum Gasteiger partial charge on any atom is 0.259 e. The van der Waals surface area contributed by atoms with Crippen LogP contribution in [0.5, 0.6) is 0 Å². The van der Waals surface area contributed by atoms with Crippen molar-refractivity contribution in [3.05, 3.63) is 26.6 Å². The lowest BCUT2D eigenvalue weighted by atomic mass is 9.89. The van der Waals surface area contributed by atoms with Crippen molar-refractivity contribution in [2.45, 2.75) is 51.6 Å². The van der Waals surface area contributed by atoms with Gasteiger partial charge in [0.25, 0.3) is 5.56 Å². The van der Waals surface area contributed by atoms with Crippen molar-refractivity contribution in [2.24, 2.45) is 5.92 Å². The summed E-state index contributed by atoms with van der Waals surface area (Å²) in [5.41, 5.74) is 1.13. The normalized spacial score (nSPS) is 26.3. The number of hydrogen-bond donors (Lipinski definition) is 1. The summed E-state index contributed by atoms with van der Waals surface area (Å²) in [5.74, 6) is 1.71. The van der Waals surface area contributed by atoms with Gasteiger partial charge < -0.3 is 4.98 Å². The van der Waals surface area contributed by atoms with Crippen LogP contribution in [0.3, 0.4) is 0 Å². The number of rotatable bonds is 3. The highest BCUT2D eigenvalue weighted by atomic mass is 32.2. The number of hydrogen-bond acceptors (Lipinski definition) is 6. The van der Waals surface area contributed by atoms with E-state index >= 15 is 0 Å². The number of aromatic amines is 1. The van der Waals surface area contributed by atoms with E-state index in [2.05, 4.69) is 11.9 Å². The molecule has 1 N–H and O–H groups in total. The standard InChI is InChI=1S/C18H25N3O3S2/c1-10-4-5-13-14(8-10)25-18-15(13)17(22)19-16(20-18)11(2)21(3)12-6-7-26(23,24)9-12/h10-12H,4-9H2,1-3H3,(H,19,20,22). The average molecular weight is 396 g/mol. The number of nitrogens with one attached hydrogen (secondary N) is 1. The molecule has 0 bridgehead atoms. The van der Waals surface area contributed by atoms with Gasteiger partial charge in [0.1, 0.15) is 10.7 Å². The van der Waals surface area contributed by atoms with Crippen LogP contribution < -0.4 is 5.56 Å². The first-order valence-electron chi connectivity index (χ1n) is 9.22. The van der Waals surface area contributed by atoms with E-state index in [1.807, 2.05) is 18.9 Å². The van der Waals surface area contributed by atoms with Crippen molar-refractivity contribution >= 4 is 31.4 Å². The SMILES string of the molecule is CC1CCc2c(sc3nc(C(C)N(C)C4CCS(=O)(=O)C4)[nH]c(=O)c23)C1. The van der Waals surface area contributed by atoms with Crippen LogP contribution in [0.25, 0.3) is 10.2 Å². The van der Waals surface area contributed by atoms with Crippen LogP contribution in [-0.4, -0.2) is 47.9 Å². The molecule has 1 aliphatic carbocycles. The molecule has 2 aromatic heterocycles. The van der Waals surface area contributed by atoms with E-state index in [1.165, 1.54) is 10.4 Å². The van der Waals surface area contributed by atoms with Crippen LogP contribution in [0.2, 0.25) is 0 Å². The third-order valence-corrected chi connectivity index (χ3v) is 8.87. The number of fused-ring (bicyclic) bond motifs is 3. The molecule has 1 saturated heterocycles. The number of thiophene rings is 1. The average Bonchev–Trinajstić information content (AvgIpc) is 3.12. The summed E-state index contributed by atoms with van der Waals surface area (Å²) in [6.45, 7) is 4.23. The highest BCUT2D eigenvalue weighted by Gasteiger charge is 2.33. The summed E-state index contributed by atoms with van der Waals surface area (Å²) in [7, 11) is -1.02. The maximum atomic E-state index is 12.8. The molecule has 8 heteroatoms. The molecule has 142 valence electrons. The van der Waals surface area contributed by atoms with E-state index in [4.69, 9.17) is 4.98 Å². The molecule has 3 atom stereocenters. The predicted octanol–water partition coefficient (Wildman–Crippen LogP) is 2.29. The van der Waals surface area contributed by atoms with Gasteiger partial charge in [-0.3, -0.25) is 9.69 Å². The Labute approximate surface area is 157 Å². The first kappa shape index (κ1) is 18.1. The zero-order chi connectivity index (χ0) is 18.6. The molecule has 4 rings (SSSR count). The van der Waals surface area contributed by atoms with E-state index in [0.29, 0.717) is 18.2 Å². The van der Waals surface area contributed by atoms with Crippen molar-refractivity contribution in [3.63, 3.8) is 0 Å². The minimum absolute atomic E-state index is 0.0200. The molecule has 6 nitrogen and oxygen atoms in total. The Hall–Kier alpha value is -1.25. The summed E-state index contributed by atoms with van der Waals surface area (Å²) in [6, 6.07) is -0.156. The molecule has 1 aliphatic heterocycles. The molecule has 3 unspecified atom stereocenters. The van der Waals surface area contributed by atoms with E-state index < -0.39 is 9.84 Å². The fourth-order valence-electron chi connectivity index (χ4n) is 4.17. The Morgan fingerprint density at radius 2 is 2.12 bits per heavy atom. The first-order valence-corrected chi connectivity index (χ1v) is 11.9. The van der Waals surface area contributed by atoms with Gasteiger partial charge in [0.15, 0.2) is 9.84 Å². The van der Waals surface area contributed by atoms with Gasteiger partial charge in [0.2, 0.25) is 0 Å². The second-order valence-corrected chi connectivity index (χ2v) is 11.2. The van der Waals surface area contributed by atoms with E-state index in [-0.39, 0.29) is 29.1 Å². The monoisotopic (exact) mass is 395 g/mol. The number of nitrogens with zero attached hydrogens (tertiary/aromatic N) is 2. The third-order valence-electron chi connectivity index (χ3n) is 5.97. The zero-order valence-corrected chi connectivity index (χ0v) is 17.0. The Balaban J connectivity index is 1.68. The molecule has 0 radical (unpaired) electrons. The predicted molar refractivity (Wildman–Crippen MR) is 105 cm³/mol. The number of aromatic nitrogens is 2. The Kier molecular flexibility index (Phi) is 4.48. The number of H-pyrrole nitrogens is 1. The summed E-state index contributed by atoms with van der Waals surface area (Å²) < 4.78 is 23.5. The molecule has 0 aromatic carbocycles. The maximum absolute atomic E-state index is 12.8. The van der Waals surface area contributed by atoms with Gasteiger partial charge in [-0.15, -0.1) is 11.3 Å². The van der Waals surface area contributed by atoms with Gasteiger partial charge in [-0.2, -0.15) is 0 Å². The van der Waals surface area contributed by atoms with Gasteiger partial charge in [0.05, 0.1) is 22.9 Å². The minimum Gasteiger partial charge on any atom is -0.309 e. The molecule has 2 aliphatic rings. The zero-order valence-electron chi connectivity index (χ0n) is 15.4. The van der Waals surface area contributed by atoms with E-state index in [9.17, 15) is 13.2 Å². The highest BCUT2D eigenvalue weighted by Crippen LogP contribution is 2.36. The Morgan fingerprint density at radius 1 is 1.35 bits per heavy atom. The largest absolute Gasteiger partial charge is 0.309 e. The number of aryl methyl sites for hydroxylation is 1. The third kappa shape index (κ3) is 3.12. The van der Waals surface area contributed by atoms with Crippen molar-refractivity contribution in [1.29, 1.82) is 0 Å². The van der Waals surface area contributed by atoms with Gasteiger partial charge >= 0.3 is 0 Å². The quantitative estimate of drug-likeness (QED) is 0.862. The highest BCUT2D eigenvalue weighted by molar-refractivity contribution is 7.91. The van der Waals surface area contributed by atoms with Crippen molar-refractivity contribution < 1.29 is 8.42 Å². The van der Waals surface area contributed by atoms with Gasteiger partial charge in [-0.05, 0) is 51.1 Å². The molecular formula is C18H25N3O3S2. The van der Waals surface area contributed by atoms with Crippen LogP contribution >= 0.6 is 11.3 Å². The van der Waals surface area contributed by atoms with Crippen LogP contribution in [-0.2, 0) is 22.7 Å². The fourth-order valence-corrected chi connectivity index (χ4v) is 7.35. The molecule has 3 heterocycles.